The van der Waals surface area contributed by atoms with E-state index in [0.29, 0.717) is 29.5 Å². The summed E-state index contributed by atoms with van der Waals surface area (Å²) in [5, 5.41) is 19.8. The van der Waals surface area contributed by atoms with E-state index in [4.69, 9.17) is 9.47 Å². The van der Waals surface area contributed by atoms with Crippen LogP contribution < -0.4 is 14.8 Å². The van der Waals surface area contributed by atoms with Crippen LogP contribution in [-0.4, -0.2) is 54.9 Å². The van der Waals surface area contributed by atoms with E-state index >= 15 is 0 Å². The second-order valence-electron chi connectivity index (χ2n) is 6.91. The van der Waals surface area contributed by atoms with Gasteiger partial charge in [-0.2, -0.15) is 0 Å². The number of pyridine rings is 2. The zero-order valence-electron chi connectivity index (χ0n) is 16.9. The Balaban J connectivity index is 1.77. The molecule has 0 aromatic carbocycles. The molecule has 156 valence electrons. The Bertz CT molecular complexity index is 1010. The van der Waals surface area contributed by atoms with Crippen molar-refractivity contribution >= 4 is 5.91 Å². The molecule has 3 aromatic rings. The Morgan fingerprint density at radius 3 is 2.73 bits per heavy atom. The fraction of sp³-hybridized carbons (Fsp3) is 0.300. The van der Waals surface area contributed by atoms with Crippen molar-refractivity contribution in [3.05, 3.63) is 48.7 Å². The Morgan fingerprint density at radius 2 is 2.03 bits per heavy atom. The molecule has 0 unspecified atom stereocenters. The van der Waals surface area contributed by atoms with E-state index in [9.17, 15) is 9.90 Å². The van der Waals surface area contributed by atoms with Crippen LogP contribution in [0.4, 0.5) is 0 Å². The summed E-state index contributed by atoms with van der Waals surface area (Å²) in [5.41, 5.74) is -0.189. The van der Waals surface area contributed by atoms with Crippen molar-refractivity contribution in [1.29, 1.82) is 0 Å². The van der Waals surface area contributed by atoms with Gasteiger partial charge in [-0.05, 0) is 39.0 Å². The number of hydrogen-bond donors (Lipinski definition) is 2. The molecule has 1 amide bonds. The van der Waals surface area contributed by atoms with Crippen molar-refractivity contribution < 1.29 is 19.4 Å². The first kappa shape index (κ1) is 21.1. The number of aromatic nitrogens is 5. The Labute approximate surface area is 173 Å². The maximum atomic E-state index is 12.2. The van der Waals surface area contributed by atoms with Crippen molar-refractivity contribution in [3.63, 3.8) is 0 Å². The van der Waals surface area contributed by atoms with E-state index in [-0.39, 0.29) is 18.1 Å². The molecule has 0 aliphatic carbocycles. The number of amides is 1. The van der Waals surface area contributed by atoms with Crippen LogP contribution in [-0.2, 0) is 0 Å². The van der Waals surface area contributed by atoms with Gasteiger partial charge in [0.15, 0.2) is 17.3 Å². The van der Waals surface area contributed by atoms with E-state index < -0.39 is 11.4 Å². The maximum Gasteiger partial charge on any atom is 0.273 e. The van der Waals surface area contributed by atoms with Gasteiger partial charge in [0.25, 0.3) is 11.8 Å². The zero-order chi connectivity index (χ0) is 21.6. The van der Waals surface area contributed by atoms with Crippen molar-refractivity contribution in [1.82, 2.24) is 30.5 Å². The molecular formula is C20H22N6O4. The van der Waals surface area contributed by atoms with E-state index in [1.807, 2.05) is 6.92 Å². The van der Waals surface area contributed by atoms with Crippen molar-refractivity contribution in [3.8, 4) is 28.8 Å². The lowest BCUT2D eigenvalue weighted by Gasteiger charge is -2.22. The molecule has 3 rings (SSSR count). The fourth-order valence-electron chi connectivity index (χ4n) is 2.35. The monoisotopic (exact) mass is 410 g/mol. The third-order valence-corrected chi connectivity index (χ3v) is 3.86. The van der Waals surface area contributed by atoms with Crippen LogP contribution >= 0.6 is 0 Å². The summed E-state index contributed by atoms with van der Waals surface area (Å²) in [7, 11) is 0. The van der Waals surface area contributed by atoms with Crippen LogP contribution in [0.3, 0.4) is 0 Å². The number of aliphatic hydroxyl groups excluding tert-OH is 1. The average molecular weight is 410 g/mol. The zero-order valence-corrected chi connectivity index (χ0v) is 16.9. The summed E-state index contributed by atoms with van der Waals surface area (Å²) >= 11 is 0. The van der Waals surface area contributed by atoms with Gasteiger partial charge in [-0.3, -0.25) is 9.78 Å². The van der Waals surface area contributed by atoms with Crippen molar-refractivity contribution in [2.24, 2.45) is 0 Å². The summed E-state index contributed by atoms with van der Waals surface area (Å²) in [5.74, 6) is 1.05. The van der Waals surface area contributed by atoms with Crippen LogP contribution in [0.5, 0.6) is 17.4 Å². The molecule has 0 atom stereocenters. The van der Waals surface area contributed by atoms with Gasteiger partial charge in [0.2, 0.25) is 0 Å². The topological polar surface area (TPSA) is 132 Å². The smallest absolute Gasteiger partial charge is 0.273 e. The number of nitrogens with zero attached hydrogens (tertiary/aromatic N) is 5. The minimum atomic E-state index is -0.779. The molecule has 0 spiro atoms. The lowest BCUT2D eigenvalue weighted by Crippen LogP contribution is -2.46. The molecule has 0 aliphatic rings. The van der Waals surface area contributed by atoms with E-state index in [0.717, 1.165) is 0 Å². The van der Waals surface area contributed by atoms with E-state index in [1.165, 1.54) is 12.4 Å². The summed E-state index contributed by atoms with van der Waals surface area (Å²) < 4.78 is 11.3. The van der Waals surface area contributed by atoms with Crippen LogP contribution in [0.2, 0.25) is 0 Å². The van der Waals surface area contributed by atoms with Crippen molar-refractivity contribution in [2.45, 2.75) is 26.3 Å². The SMILES string of the molecule is CCOc1cccnc1Oc1cncc(-c2ncc(C(=O)NC(C)(C)CO)nn2)c1. The average Bonchev–Trinajstić information content (AvgIpc) is 2.75. The molecule has 0 saturated carbocycles. The van der Waals surface area contributed by atoms with Crippen LogP contribution in [0, 0.1) is 0 Å². The van der Waals surface area contributed by atoms with Crippen LogP contribution in [0.25, 0.3) is 11.4 Å². The molecule has 0 saturated heterocycles. The van der Waals surface area contributed by atoms with Crippen LogP contribution in [0.1, 0.15) is 31.3 Å². The van der Waals surface area contributed by atoms with Crippen molar-refractivity contribution in [2.75, 3.05) is 13.2 Å². The molecule has 3 aromatic heterocycles. The van der Waals surface area contributed by atoms with Gasteiger partial charge >= 0.3 is 0 Å². The molecular weight excluding hydrogens is 388 g/mol. The number of aliphatic hydroxyl groups is 1. The number of carbonyl (C=O) groups is 1. The highest BCUT2D eigenvalue weighted by molar-refractivity contribution is 5.92. The third kappa shape index (κ3) is 5.23. The quantitative estimate of drug-likeness (QED) is 0.572. The van der Waals surface area contributed by atoms with Gasteiger partial charge < -0.3 is 19.9 Å². The highest BCUT2D eigenvalue weighted by Crippen LogP contribution is 2.29. The number of carbonyl (C=O) groups excluding carboxylic acids is 1. The molecule has 30 heavy (non-hydrogen) atoms. The lowest BCUT2D eigenvalue weighted by molar-refractivity contribution is 0.0862. The third-order valence-electron chi connectivity index (χ3n) is 3.86. The molecule has 10 heteroatoms. The minimum Gasteiger partial charge on any atom is -0.488 e. The highest BCUT2D eigenvalue weighted by atomic mass is 16.5. The number of nitrogens with one attached hydrogen (secondary N) is 1. The number of hydrogen-bond acceptors (Lipinski definition) is 9. The number of rotatable bonds is 8. The fourth-order valence-corrected chi connectivity index (χ4v) is 2.35. The second kappa shape index (κ2) is 9.23. The summed E-state index contributed by atoms with van der Waals surface area (Å²) in [6, 6.07) is 5.20. The predicted molar refractivity (Wildman–Crippen MR) is 107 cm³/mol. The lowest BCUT2D eigenvalue weighted by atomic mass is 10.1. The molecule has 0 bridgehead atoms. The molecule has 0 fully saturated rings. The normalized spacial score (nSPS) is 11.1. The van der Waals surface area contributed by atoms with Gasteiger partial charge in [0, 0.05) is 18.0 Å². The Kier molecular flexibility index (Phi) is 6.48. The van der Waals surface area contributed by atoms with Crippen LogP contribution in [0.15, 0.2) is 43.0 Å². The van der Waals surface area contributed by atoms with E-state index in [1.54, 1.807) is 44.4 Å². The molecule has 2 N–H and O–H groups in total. The largest absolute Gasteiger partial charge is 0.488 e. The maximum absolute atomic E-state index is 12.2. The predicted octanol–water partition coefficient (Wildman–Crippen LogP) is 2.02. The van der Waals surface area contributed by atoms with Gasteiger partial charge in [-0.25, -0.2) is 9.97 Å². The standard InChI is InChI=1S/C20H22N6O4/c1-4-29-16-6-5-7-22-19(16)30-14-8-13(9-21-10-14)17-23-11-15(25-26-17)18(28)24-20(2,3)12-27/h5-11,27H,4,12H2,1-3H3,(H,24,28). The highest BCUT2D eigenvalue weighted by Gasteiger charge is 2.21. The van der Waals surface area contributed by atoms with E-state index in [2.05, 4.69) is 30.5 Å². The summed E-state index contributed by atoms with van der Waals surface area (Å²) in [6.45, 7) is 5.52. The molecule has 0 radical (unpaired) electrons. The Morgan fingerprint density at radius 1 is 1.20 bits per heavy atom. The first-order valence-electron chi connectivity index (χ1n) is 9.26. The van der Waals surface area contributed by atoms with Gasteiger partial charge in [0.05, 0.1) is 31.1 Å². The second-order valence-corrected chi connectivity index (χ2v) is 6.91. The summed E-state index contributed by atoms with van der Waals surface area (Å²) in [6.07, 6.45) is 6.00. The van der Waals surface area contributed by atoms with Gasteiger partial charge in [-0.1, -0.05) is 0 Å². The Hall–Kier alpha value is -3.66. The summed E-state index contributed by atoms with van der Waals surface area (Å²) in [4.78, 5) is 24.7. The molecule has 3 heterocycles. The van der Waals surface area contributed by atoms with Gasteiger partial charge in [0.1, 0.15) is 5.75 Å². The number of ether oxygens (including phenoxy) is 2. The van der Waals surface area contributed by atoms with Gasteiger partial charge in [-0.15, -0.1) is 10.2 Å². The first-order valence-corrected chi connectivity index (χ1v) is 9.26. The molecule has 0 aliphatic heterocycles. The molecule has 10 nitrogen and oxygen atoms in total. The minimum absolute atomic E-state index is 0.0375. The first-order chi connectivity index (χ1) is 14.4.